The molecule has 2 heteroatoms. The molecule has 0 aliphatic rings. The number of nitrogens with zero attached hydrogens (tertiary/aromatic N) is 1. The lowest BCUT2D eigenvalue weighted by Crippen LogP contribution is -2.11. The van der Waals surface area contributed by atoms with Crippen molar-refractivity contribution in [1.82, 2.24) is 0 Å². The Morgan fingerprint density at radius 1 is 0.490 bits per heavy atom. The van der Waals surface area contributed by atoms with Gasteiger partial charge in [-0.3, -0.25) is 0 Å². The summed E-state index contributed by atoms with van der Waals surface area (Å²) in [4.78, 5) is 2.38. The highest BCUT2D eigenvalue weighted by molar-refractivity contribution is 6.14. The van der Waals surface area contributed by atoms with Crippen molar-refractivity contribution in [1.29, 1.82) is 0 Å². The summed E-state index contributed by atoms with van der Waals surface area (Å²) in [6.45, 7) is 10.3. The largest absolute Gasteiger partial charge is 0.398 e. The van der Waals surface area contributed by atoms with Crippen molar-refractivity contribution in [2.24, 2.45) is 0 Å². The standard InChI is InChI=1S/C49H38N2/c1-4-34-16-9-11-22-42(34)46-31-35(5-2)49(50)48(33(46)3)37-26-28-40(29-27-37)51(41-21-15-20-38(30-41)36-17-7-6-8-18-36)47-32-39-19-10-12-23-43(39)44-24-13-14-25-45(44)47/h4-32H,1-2,50H2,3H3. The number of nitrogen functional groups attached to an aromatic ring is 1. The molecule has 0 bridgehead atoms. The fourth-order valence-corrected chi connectivity index (χ4v) is 7.44. The van der Waals surface area contributed by atoms with Crippen molar-refractivity contribution in [2.75, 3.05) is 10.6 Å². The van der Waals surface area contributed by atoms with E-state index in [0.29, 0.717) is 0 Å². The lowest BCUT2D eigenvalue weighted by molar-refractivity contribution is 1.30. The Morgan fingerprint density at radius 3 is 1.90 bits per heavy atom. The van der Waals surface area contributed by atoms with Crippen LogP contribution in [0.2, 0.25) is 0 Å². The van der Waals surface area contributed by atoms with Crippen molar-refractivity contribution >= 4 is 56.4 Å². The van der Waals surface area contributed by atoms with E-state index in [4.69, 9.17) is 5.73 Å². The molecule has 244 valence electrons. The topological polar surface area (TPSA) is 29.3 Å². The van der Waals surface area contributed by atoms with Crippen molar-refractivity contribution in [2.45, 2.75) is 6.92 Å². The molecule has 0 unspecified atom stereocenters. The van der Waals surface area contributed by atoms with Crippen LogP contribution in [0.4, 0.5) is 22.7 Å². The van der Waals surface area contributed by atoms with Gasteiger partial charge in [-0.1, -0.05) is 153 Å². The van der Waals surface area contributed by atoms with E-state index in [2.05, 4.69) is 183 Å². The van der Waals surface area contributed by atoms with Crippen LogP contribution in [0.15, 0.2) is 177 Å². The summed E-state index contributed by atoms with van der Waals surface area (Å²) < 4.78 is 0. The SMILES string of the molecule is C=Cc1ccccc1-c1cc(C=C)c(N)c(-c2ccc(N(c3cccc(-c4ccccc4)c3)c3cc4ccccc4c4ccccc34)cc2)c1C. The molecule has 0 aromatic heterocycles. The molecule has 51 heavy (non-hydrogen) atoms. The summed E-state index contributed by atoms with van der Waals surface area (Å²) in [6.07, 6.45) is 3.75. The quantitative estimate of drug-likeness (QED) is 0.130. The van der Waals surface area contributed by atoms with E-state index in [1.165, 1.54) is 27.1 Å². The van der Waals surface area contributed by atoms with Gasteiger partial charge in [0.15, 0.2) is 0 Å². The number of anilines is 4. The first-order valence-electron chi connectivity index (χ1n) is 17.3. The van der Waals surface area contributed by atoms with Crippen LogP contribution in [0.5, 0.6) is 0 Å². The average Bonchev–Trinajstić information content (AvgIpc) is 3.19. The molecule has 0 saturated heterocycles. The minimum absolute atomic E-state index is 0.725. The van der Waals surface area contributed by atoms with Crippen molar-refractivity contribution in [3.05, 3.63) is 194 Å². The first kappa shape index (κ1) is 31.6. The molecular formula is C49H38N2. The van der Waals surface area contributed by atoms with Gasteiger partial charge in [-0.15, -0.1) is 0 Å². The number of hydrogen-bond acceptors (Lipinski definition) is 2. The lowest BCUT2D eigenvalue weighted by atomic mass is 9.87. The highest BCUT2D eigenvalue weighted by atomic mass is 15.1. The minimum atomic E-state index is 0.725. The Balaban J connectivity index is 1.33. The molecule has 0 aliphatic heterocycles. The molecule has 0 spiro atoms. The molecule has 0 saturated carbocycles. The van der Waals surface area contributed by atoms with Crippen LogP contribution in [0, 0.1) is 6.92 Å². The van der Waals surface area contributed by atoms with Crippen LogP contribution in [-0.2, 0) is 0 Å². The van der Waals surface area contributed by atoms with E-state index >= 15 is 0 Å². The van der Waals surface area contributed by atoms with Gasteiger partial charge in [-0.05, 0) is 104 Å². The van der Waals surface area contributed by atoms with Gasteiger partial charge in [0.2, 0.25) is 0 Å². The minimum Gasteiger partial charge on any atom is -0.398 e. The fourth-order valence-electron chi connectivity index (χ4n) is 7.44. The van der Waals surface area contributed by atoms with Gasteiger partial charge in [-0.2, -0.15) is 0 Å². The van der Waals surface area contributed by atoms with Gasteiger partial charge in [0, 0.05) is 28.0 Å². The van der Waals surface area contributed by atoms with Crippen molar-refractivity contribution in [3.8, 4) is 33.4 Å². The summed E-state index contributed by atoms with van der Waals surface area (Å²) >= 11 is 0. The monoisotopic (exact) mass is 654 g/mol. The Morgan fingerprint density at radius 2 is 1.14 bits per heavy atom. The Bertz CT molecular complexity index is 2580. The Hall–Kier alpha value is -6.64. The molecule has 0 atom stereocenters. The van der Waals surface area contributed by atoms with Crippen LogP contribution in [-0.4, -0.2) is 0 Å². The van der Waals surface area contributed by atoms with Gasteiger partial charge >= 0.3 is 0 Å². The Kier molecular flexibility index (Phi) is 8.27. The lowest BCUT2D eigenvalue weighted by Gasteiger charge is -2.28. The van der Waals surface area contributed by atoms with E-state index in [9.17, 15) is 0 Å². The molecule has 0 radical (unpaired) electrons. The van der Waals surface area contributed by atoms with Gasteiger partial charge < -0.3 is 10.6 Å². The zero-order valence-corrected chi connectivity index (χ0v) is 28.7. The van der Waals surface area contributed by atoms with Crippen LogP contribution >= 0.6 is 0 Å². The summed E-state index contributed by atoms with van der Waals surface area (Å²) in [5, 5.41) is 4.86. The fraction of sp³-hybridized carbons (Fsp3) is 0.0204. The maximum absolute atomic E-state index is 6.91. The second-order valence-corrected chi connectivity index (χ2v) is 12.9. The van der Waals surface area contributed by atoms with Crippen LogP contribution in [0.3, 0.4) is 0 Å². The second kappa shape index (κ2) is 13.3. The third-order valence-corrected chi connectivity index (χ3v) is 9.96. The predicted molar refractivity (Wildman–Crippen MR) is 222 cm³/mol. The van der Waals surface area contributed by atoms with Gasteiger partial charge in [0.25, 0.3) is 0 Å². The van der Waals surface area contributed by atoms with Gasteiger partial charge in [-0.25, -0.2) is 0 Å². The second-order valence-electron chi connectivity index (χ2n) is 12.9. The summed E-state index contributed by atoms with van der Waals surface area (Å²) in [6, 6.07) is 58.3. The zero-order chi connectivity index (χ0) is 34.9. The molecule has 0 aliphatic carbocycles. The van der Waals surface area contributed by atoms with Gasteiger partial charge in [0.05, 0.1) is 5.69 Å². The van der Waals surface area contributed by atoms with Gasteiger partial charge in [0.1, 0.15) is 0 Å². The Labute approximate surface area is 300 Å². The number of benzene rings is 8. The van der Waals surface area contributed by atoms with Crippen molar-refractivity contribution in [3.63, 3.8) is 0 Å². The average molecular weight is 655 g/mol. The van der Waals surface area contributed by atoms with Crippen LogP contribution in [0.25, 0.3) is 67.1 Å². The van der Waals surface area contributed by atoms with E-state index < -0.39 is 0 Å². The first-order valence-corrected chi connectivity index (χ1v) is 17.3. The summed E-state index contributed by atoms with van der Waals surface area (Å²) in [5.74, 6) is 0. The third kappa shape index (κ3) is 5.67. The number of hydrogen-bond donors (Lipinski definition) is 1. The summed E-state index contributed by atoms with van der Waals surface area (Å²) in [7, 11) is 0. The number of nitrogens with two attached hydrogens (primary N) is 1. The van der Waals surface area contributed by atoms with Crippen LogP contribution in [0.1, 0.15) is 16.7 Å². The molecule has 8 aromatic rings. The predicted octanol–water partition coefficient (Wildman–Crippen LogP) is 13.6. The normalized spacial score (nSPS) is 11.1. The summed E-state index contributed by atoms with van der Waals surface area (Å²) in [5.41, 5.74) is 20.7. The number of fused-ring (bicyclic) bond motifs is 3. The van der Waals surface area contributed by atoms with E-state index in [1.54, 1.807) is 0 Å². The van der Waals surface area contributed by atoms with E-state index in [-0.39, 0.29) is 0 Å². The maximum Gasteiger partial charge on any atom is 0.0546 e. The molecule has 8 aromatic carbocycles. The maximum atomic E-state index is 6.91. The molecule has 0 heterocycles. The van der Waals surface area contributed by atoms with E-state index in [0.717, 1.165) is 67.3 Å². The molecule has 0 amide bonds. The number of rotatable bonds is 8. The van der Waals surface area contributed by atoms with Crippen LogP contribution < -0.4 is 10.6 Å². The first-order chi connectivity index (χ1) is 25.1. The van der Waals surface area contributed by atoms with Crippen molar-refractivity contribution < 1.29 is 0 Å². The molecular weight excluding hydrogens is 617 g/mol. The molecule has 2 N–H and O–H groups in total. The highest BCUT2D eigenvalue weighted by Gasteiger charge is 2.20. The highest BCUT2D eigenvalue weighted by Crippen LogP contribution is 2.45. The molecule has 0 fully saturated rings. The van der Waals surface area contributed by atoms with E-state index in [1.807, 2.05) is 18.2 Å². The molecule has 2 nitrogen and oxygen atoms in total. The third-order valence-electron chi connectivity index (χ3n) is 9.96. The zero-order valence-electron chi connectivity index (χ0n) is 28.7. The molecule has 8 rings (SSSR count). The smallest absolute Gasteiger partial charge is 0.0546 e.